The molecule has 0 radical (unpaired) electrons. The quantitative estimate of drug-likeness (QED) is 0.817. The van der Waals surface area contributed by atoms with Crippen molar-refractivity contribution >= 4 is 23.4 Å². The maximum absolute atomic E-state index is 12.6. The number of hydrogen-bond acceptors (Lipinski definition) is 2. The zero-order valence-corrected chi connectivity index (χ0v) is 13.7. The topological polar surface area (TPSA) is 58.2 Å². The molecule has 2 amide bonds. The number of nitrogens with one attached hydrogen (secondary N) is 2. The van der Waals surface area contributed by atoms with Crippen LogP contribution in [0.25, 0.3) is 0 Å². The number of hydrogen-bond donors (Lipinski definition) is 2. The minimum Gasteiger partial charge on any atom is -0.273 e. The van der Waals surface area contributed by atoms with Crippen molar-refractivity contribution < 1.29 is 9.59 Å². The molecule has 0 spiro atoms. The molecule has 23 heavy (non-hydrogen) atoms. The van der Waals surface area contributed by atoms with Crippen molar-refractivity contribution in [2.75, 3.05) is 0 Å². The monoisotopic (exact) mass is 332 g/mol. The molecule has 0 aromatic heterocycles. The summed E-state index contributed by atoms with van der Waals surface area (Å²) in [5.74, 6) is 2.46. The van der Waals surface area contributed by atoms with E-state index in [0.29, 0.717) is 22.4 Å². The van der Waals surface area contributed by atoms with Gasteiger partial charge in [0, 0.05) is 16.5 Å². The van der Waals surface area contributed by atoms with Gasteiger partial charge >= 0.3 is 0 Å². The van der Waals surface area contributed by atoms with Gasteiger partial charge in [-0.15, -0.1) is 0 Å². The van der Waals surface area contributed by atoms with Crippen LogP contribution < -0.4 is 10.9 Å². The minimum atomic E-state index is -0.307. The summed E-state index contributed by atoms with van der Waals surface area (Å²) >= 11 is 5.81. The summed E-state index contributed by atoms with van der Waals surface area (Å²) in [6.07, 6.45) is 6.13. The highest BCUT2D eigenvalue weighted by Crippen LogP contribution is 2.56. The molecule has 4 nitrogen and oxygen atoms in total. The van der Waals surface area contributed by atoms with Crippen LogP contribution >= 0.6 is 11.6 Å². The van der Waals surface area contributed by atoms with E-state index in [1.54, 1.807) is 24.3 Å². The number of halogens is 1. The van der Waals surface area contributed by atoms with Crippen molar-refractivity contribution in [1.82, 2.24) is 10.9 Å². The van der Waals surface area contributed by atoms with Crippen molar-refractivity contribution in [2.24, 2.45) is 29.6 Å². The Bertz CT molecular complexity index is 600. The SMILES string of the molecule is O=C(NNC(=O)C1C2CC3CC(C2)CC1C3)c1ccc(Cl)cc1. The Kier molecular flexibility index (Phi) is 3.80. The molecule has 0 atom stereocenters. The number of amides is 2. The first-order chi connectivity index (χ1) is 11.1. The highest BCUT2D eigenvalue weighted by atomic mass is 35.5. The third kappa shape index (κ3) is 2.85. The molecule has 1 aromatic rings. The largest absolute Gasteiger partial charge is 0.273 e. The molecule has 4 aliphatic rings. The fourth-order valence-electron chi connectivity index (χ4n) is 5.23. The summed E-state index contributed by atoms with van der Waals surface area (Å²) in [5.41, 5.74) is 5.68. The smallest absolute Gasteiger partial charge is 0.269 e. The summed E-state index contributed by atoms with van der Waals surface area (Å²) < 4.78 is 0. The Labute approximate surface area is 140 Å². The molecule has 0 saturated heterocycles. The van der Waals surface area contributed by atoms with E-state index in [1.807, 2.05) is 0 Å². The first kappa shape index (κ1) is 15.0. The molecule has 5 rings (SSSR count). The average Bonchev–Trinajstić information content (AvgIpc) is 2.52. The van der Waals surface area contributed by atoms with E-state index in [-0.39, 0.29) is 17.7 Å². The van der Waals surface area contributed by atoms with E-state index in [4.69, 9.17) is 11.6 Å². The van der Waals surface area contributed by atoms with Gasteiger partial charge in [0.1, 0.15) is 0 Å². The van der Waals surface area contributed by atoms with Crippen molar-refractivity contribution in [3.8, 4) is 0 Å². The Morgan fingerprint density at radius 2 is 1.43 bits per heavy atom. The zero-order chi connectivity index (χ0) is 16.0. The summed E-state index contributed by atoms with van der Waals surface area (Å²) in [5, 5.41) is 0.583. The van der Waals surface area contributed by atoms with Crippen LogP contribution in [0.1, 0.15) is 42.5 Å². The highest BCUT2D eigenvalue weighted by molar-refractivity contribution is 6.30. The molecule has 4 bridgehead atoms. The Morgan fingerprint density at radius 3 is 2.00 bits per heavy atom. The second-order valence-corrected chi connectivity index (χ2v) is 7.84. The van der Waals surface area contributed by atoms with Crippen LogP contribution in [0.4, 0.5) is 0 Å². The lowest BCUT2D eigenvalue weighted by Gasteiger charge is -2.53. The van der Waals surface area contributed by atoms with Crippen LogP contribution in [-0.4, -0.2) is 11.8 Å². The Morgan fingerprint density at radius 1 is 0.870 bits per heavy atom. The molecule has 5 heteroatoms. The molecule has 2 N–H and O–H groups in total. The third-order valence-corrected chi connectivity index (χ3v) is 6.19. The predicted octanol–water partition coefficient (Wildman–Crippen LogP) is 3.17. The molecular formula is C18H21ClN2O2. The van der Waals surface area contributed by atoms with Gasteiger partial charge < -0.3 is 0 Å². The van der Waals surface area contributed by atoms with Crippen molar-refractivity contribution in [3.05, 3.63) is 34.9 Å². The van der Waals surface area contributed by atoms with Gasteiger partial charge in [0.05, 0.1) is 0 Å². The third-order valence-electron chi connectivity index (χ3n) is 5.94. The predicted molar refractivity (Wildman–Crippen MR) is 87.6 cm³/mol. The van der Waals surface area contributed by atoms with E-state index in [0.717, 1.165) is 11.8 Å². The molecule has 4 saturated carbocycles. The van der Waals surface area contributed by atoms with Gasteiger partial charge in [-0.05, 0) is 80.0 Å². The Balaban J connectivity index is 1.37. The van der Waals surface area contributed by atoms with Gasteiger partial charge in [0.2, 0.25) is 5.91 Å². The second-order valence-electron chi connectivity index (χ2n) is 7.41. The van der Waals surface area contributed by atoms with E-state index < -0.39 is 0 Å². The summed E-state index contributed by atoms with van der Waals surface area (Å²) in [6.45, 7) is 0. The van der Waals surface area contributed by atoms with E-state index in [1.165, 1.54) is 32.1 Å². The van der Waals surface area contributed by atoms with Crippen LogP contribution in [-0.2, 0) is 4.79 Å². The standard InChI is InChI=1S/C18H21ClN2O2/c19-15-3-1-12(2-4-15)17(22)20-21-18(23)16-13-6-10-5-11(8-13)9-14(16)7-10/h1-4,10-11,13-14,16H,5-9H2,(H,20,22)(H,21,23). The van der Waals surface area contributed by atoms with Crippen molar-refractivity contribution in [3.63, 3.8) is 0 Å². The van der Waals surface area contributed by atoms with Gasteiger partial charge in [0.25, 0.3) is 5.91 Å². The first-order valence-electron chi connectivity index (χ1n) is 8.46. The molecule has 4 fully saturated rings. The van der Waals surface area contributed by atoms with Gasteiger partial charge in [-0.1, -0.05) is 11.6 Å². The fraction of sp³-hybridized carbons (Fsp3) is 0.556. The normalized spacial score (nSPS) is 34.2. The summed E-state index contributed by atoms with van der Waals surface area (Å²) in [4.78, 5) is 24.7. The lowest BCUT2D eigenvalue weighted by atomic mass is 9.52. The van der Waals surface area contributed by atoms with Gasteiger partial charge in [-0.2, -0.15) is 0 Å². The van der Waals surface area contributed by atoms with Crippen LogP contribution in [0.5, 0.6) is 0 Å². The number of rotatable bonds is 2. The summed E-state index contributed by atoms with van der Waals surface area (Å²) in [7, 11) is 0. The minimum absolute atomic E-state index is 0.0129. The van der Waals surface area contributed by atoms with E-state index >= 15 is 0 Å². The van der Waals surface area contributed by atoms with Gasteiger partial charge in [-0.25, -0.2) is 0 Å². The number of benzene rings is 1. The molecule has 4 aliphatic carbocycles. The molecule has 0 unspecified atom stereocenters. The molecule has 0 aliphatic heterocycles. The number of hydrazine groups is 1. The average molecular weight is 333 g/mol. The van der Waals surface area contributed by atoms with Gasteiger partial charge in [-0.3, -0.25) is 20.4 Å². The molecule has 122 valence electrons. The van der Waals surface area contributed by atoms with Gasteiger partial charge in [0.15, 0.2) is 0 Å². The van der Waals surface area contributed by atoms with Crippen LogP contribution in [0.3, 0.4) is 0 Å². The number of carbonyl (C=O) groups is 2. The van der Waals surface area contributed by atoms with E-state index in [2.05, 4.69) is 10.9 Å². The van der Waals surface area contributed by atoms with Crippen LogP contribution in [0, 0.1) is 29.6 Å². The first-order valence-corrected chi connectivity index (χ1v) is 8.83. The van der Waals surface area contributed by atoms with Crippen molar-refractivity contribution in [1.29, 1.82) is 0 Å². The molecular weight excluding hydrogens is 312 g/mol. The van der Waals surface area contributed by atoms with Crippen molar-refractivity contribution in [2.45, 2.75) is 32.1 Å². The summed E-state index contributed by atoms with van der Waals surface area (Å²) in [6, 6.07) is 6.62. The number of carbonyl (C=O) groups excluding carboxylic acids is 2. The zero-order valence-electron chi connectivity index (χ0n) is 12.9. The fourth-order valence-corrected chi connectivity index (χ4v) is 5.35. The highest BCUT2D eigenvalue weighted by Gasteiger charge is 2.50. The van der Waals surface area contributed by atoms with Crippen LogP contribution in [0.2, 0.25) is 5.02 Å². The van der Waals surface area contributed by atoms with Crippen LogP contribution in [0.15, 0.2) is 24.3 Å². The Hall–Kier alpha value is -1.55. The molecule has 0 heterocycles. The maximum Gasteiger partial charge on any atom is 0.269 e. The second kappa shape index (κ2) is 5.82. The molecule has 1 aromatic carbocycles. The lowest BCUT2D eigenvalue weighted by Crippen LogP contribution is -2.54. The maximum atomic E-state index is 12.6. The van der Waals surface area contributed by atoms with E-state index in [9.17, 15) is 9.59 Å². The lowest BCUT2D eigenvalue weighted by molar-refractivity contribution is -0.138.